The maximum Gasteiger partial charge on any atom is 0.375 e. The molecule has 0 saturated heterocycles. The van der Waals surface area contributed by atoms with Gasteiger partial charge in [-0.15, -0.1) is 0 Å². The zero-order valence-corrected chi connectivity index (χ0v) is 26.4. The highest BCUT2D eigenvalue weighted by atomic mass is 32.2. The molecule has 0 amide bonds. The molecule has 4 aliphatic carbocycles. The predicted molar refractivity (Wildman–Crippen MR) is 167 cm³/mol. The van der Waals surface area contributed by atoms with Crippen molar-refractivity contribution >= 4 is 28.9 Å². The Hall–Kier alpha value is -3.21. The fourth-order valence-corrected chi connectivity index (χ4v) is 10.5. The lowest BCUT2D eigenvalue weighted by molar-refractivity contribution is -0.175. The number of carbonyl (C=O) groups excluding carboxylic acids is 2. The number of aliphatic hydroxyl groups is 2. The molecule has 4 aliphatic rings. The van der Waals surface area contributed by atoms with Crippen LogP contribution in [0.25, 0.3) is 11.8 Å². The van der Waals surface area contributed by atoms with E-state index < -0.39 is 23.1 Å². The summed E-state index contributed by atoms with van der Waals surface area (Å²) >= 11 is 1.10. The van der Waals surface area contributed by atoms with Gasteiger partial charge >= 0.3 is 5.97 Å². The molecule has 0 unspecified atom stereocenters. The summed E-state index contributed by atoms with van der Waals surface area (Å²) in [4.78, 5) is 27.4. The zero-order chi connectivity index (χ0) is 31.6. The number of benzene rings is 1. The third kappa shape index (κ3) is 4.66. The van der Waals surface area contributed by atoms with Gasteiger partial charge < -0.3 is 19.4 Å². The highest BCUT2D eigenvalue weighted by molar-refractivity contribution is 8.13. The molecule has 0 bridgehead atoms. The van der Waals surface area contributed by atoms with E-state index >= 15 is 0 Å². The van der Waals surface area contributed by atoms with Crippen LogP contribution in [0, 0.1) is 34.4 Å². The molecular formula is C35H39FN2O6S. The standard InChI is InChI=1S/C35H39FN2O6S/c1-33-18-21-20-37-38(24-9-7-23(36)8-10-24)27(21)17-22(33)6-11-25-26-12-13-35(32(42)45-16-4-14-39,34(26,2)19-28(40)30(25)33)44-31(41)29-5-3-15-43-29/h3,5,7-10,15,17,20,25-26,28,30,39-40H,4,6,11-14,16,18-19H2,1-2H3/t25-,26-,28-,30+,33-,34-,35-/m0/s1. The normalized spacial score (nSPS) is 33.4. The van der Waals surface area contributed by atoms with Gasteiger partial charge in [0.15, 0.2) is 5.60 Å². The molecule has 3 saturated carbocycles. The van der Waals surface area contributed by atoms with Gasteiger partial charge in [-0.05, 0) is 116 Å². The average Bonchev–Trinajstić information content (AvgIpc) is 3.75. The van der Waals surface area contributed by atoms with Crippen LogP contribution in [0.3, 0.4) is 0 Å². The number of ether oxygens (including phenoxy) is 1. The minimum absolute atomic E-state index is 0.0270. The fourth-order valence-electron chi connectivity index (χ4n) is 9.45. The highest BCUT2D eigenvalue weighted by Gasteiger charge is 2.70. The number of hydrogen-bond donors (Lipinski definition) is 2. The number of carbonyl (C=O) groups is 2. The van der Waals surface area contributed by atoms with Crippen LogP contribution in [0.5, 0.6) is 0 Å². The van der Waals surface area contributed by atoms with E-state index in [2.05, 4.69) is 18.1 Å². The Morgan fingerprint density at radius 3 is 2.73 bits per heavy atom. The van der Waals surface area contributed by atoms with Crippen LogP contribution in [0.2, 0.25) is 0 Å². The minimum Gasteiger partial charge on any atom is -0.457 e. The van der Waals surface area contributed by atoms with Gasteiger partial charge in [-0.3, -0.25) is 4.79 Å². The average molecular weight is 635 g/mol. The first kappa shape index (κ1) is 30.4. The topological polar surface area (TPSA) is 115 Å². The van der Waals surface area contributed by atoms with E-state index in [1.807, 2.05) is 17.8 Å². The molecule has 0 radical (unpaired) electrons. The Labute approximate surface area is 266 Å². The van der Waals surface area contributed by atoms with Gasteiger partial charge in [0.25, 0.3) is 0 Å². The van der Waals surface area contributed by atoms with Crippen molar-refractivity contribution in [2.24, 2.45) is 28.6 Å². The van der Waals surface area contributed by atoms with Crippen LogP contribution in [0.1, 0.15) is 74.2 Å². The molecule has 0 aliphatic heterocycles. The first-order valence-corrected chi connectivity index (χ1v) is 16.9. The SMILES string of the molecule is C[C@]12Cc3cnn(-c4ccc(F)cc4)c3C=C1CC[C@@H]1[C@@H]2[C@@H](O)C[C@@]2(C)[C@H]1CC[C@]2(OC(=O)c1ccco1)C(=O)SCCCO. The van der Waals surface area contributed by atoms with E-state index in [-0.39, 0.29) is 46.5 Å². The van der Waals surface area contributed by atoms with Crippen LogP contribution in [0.15, 0.2) is 58.8 Å². The number of hydrogen-bond acceptors (Lipinski definition) is 8. The Bertz CT molecular complexity index is 1640. The maximum absolute atomic E-state index is 14.1. The van der Waals surface area contributed by atoms with Crippen molar-refractivity contribution in [1.82, 2.24) is 9.78 Å². The van der Waals surface area contributed by atoms with Crippen molar-refractivity contribution < 1.29 is 33.3 Å². The van der Waals surface area contributed by atoms with E-state index in [9.17, 15) is 24.2 Å². The summed E-state index contributed by atoms with van der Waals surface area (Å²) in [6.45, 7) is 4.26. The van der Waals surface area contributed by atoms with E-state index in [0.29, 0.717) is 31.4 Å². The number of fused-ring (bicyclic) bond motifs is 6. The van der Waals surface area contributed by atoms with Crippen molar-refractivity contribution in [2.45, 2.75) is 70.5 Å². The number of thioether (sulfide) groups is 1. The summed E-state index contributed by atoms with van der Waals surface area (Å²) in [6, 6.07) is 9.48. The van der Waals surface area contributed by atoms with Crippen LogP contribution < -0.4 is 0 Å². The van der Waals surface area contributed by atoms with E-state index in [1.165, 1.54) is 30.0 Å². The van der Waals surface area contributed by atoms with Crippen molar-refractivity contribution in [3.8, 4) is 5.69 Å². The second-order valence-electron chi connectivity index (χ2n) is 13.7. The summed E-state index contributed by atoms with van der Waals surface area (Å²) in [5.74, 6) is -0.332. The third-order valence-corrected chi connectivity index (χ3v) is 12.6. The monoisotopic (exact) mass is 634 g/mol. The van der Waals surface area contributed by atoms with Crippen LogP contribution in [-0.2, 0) is 16.0 Å². The molecule has 10 heteroatoms. The van der Waals surface area contributed by atoms with E-state index in [4.69, 9.17) is 9.15 Å². The second kappa shape index (κ2) is 11.2. The first-order valence-electron chi connectivity index (χ1n) is 15.9. The number of allylic oxidation sites excluding steroid dienone is 1. The summed E-state index contributed by atoms with van der Waals surface area (Å²) in [6.07, 6.45) is 9.12. The van der Waals surface area contributed by atoms with Crippen molar-refractivity contribution in [1.29, 1.82) is 0 Å². The quantitative estimate of drug-likeness (QED) is 0.241. The zero-order valence-electron chi connectivity index (χ0n) is 25.6. The van der Waals surface area contributed by atoms with Crippen LogP contribution in [-0.4, -0.2) is 55.1 Å². The number of aromatic nitrogens is 2. The minimum atomic E-state index is -1.42. The van der Waals surface area contributed by atoms with E-state index in [0.717, 1.165) is 48.0 Å². The summed E-state index contributed by atoms with van der Waals surface area (Å²) in [7, 11) is 0. The molecular weight excluding hydrogens is 595 g/mol. The van der Waals surface area contributed by atoms with Gasteiger partial charge in [0.05, 0.1) is 29.9 Å². The van der Waals surface area contributed by atoms with Crippen molar-refractivity contribution in [3.63, 3.8) is 0 Å². The number of aliphatic hydroxyl groups excluding tert-OH is 2. The molecule has 2 aromatic heterocycles. The molecule has 7 rings (SSSR count). The van der Waals surface area contributed by atoms with Gasteiger partial charge in [0, 0.05) is 17.8 Å². The second-order valence-corrected chi connectivity index (χ2v) is 14.7. The van der Waals surface area contributed by atoms with Gasteiger partial charge in [0.1, 0.15) is 5.82 Å². The maximum atomic E-state index is 14.1. The number of halogens is 1. The van der Waals surface area contributed by atoms with Gasteiger partial charge in [-0.2, -0.15) is 5.10 Å². The number of furan rings is 1. The molecule has 0 spiro atoms. The Morgan fingerprint density at radius 2 is 2.00 bits per heavy atom. The third-order valence-electron chi connectivity index (χ3n) is 11.5. The molecule has 1 aromatic carbocycles. The Balaban J connectivity index is 1.22. The number of rotatable bonds is 7. The Morgan fingerprint density at radius 1 is 1.20 bits per heavy atom. The van der Waals surface area contributed by atoms with Crippen LogP contribution in [0.4, 0.5) is 4.39 Å². The largest absolute Gasteiger partial charge is 0.457 e. The Kier molecular flexibility index (Phi) is 7.61. The fraction of sp³-hybridized carbons (Fsp3) is 0.514. The molecule has 238 valence electrons. The lowest BCUT2D eigenvalue weighted by Gasteiger charge is -2.60. The van der Waals surface area contributed by atoms with Crippen molar-refractivity contribution in [3.05, 3.63) is 77.3 Å². The molecule has 8 nitrogen and oxygen atoms in total. The lowest BCUT2D eigenvalue weighted by Crippen LogP contribution is -2.62. The summed E-state index contributed by atoms with van der Waals surface area (Å²) in [5.41, 5.74) is 1.68. The van der Waals surface area contributed by atoms with Crippen molar-refractivity contribution in [2.75, 3.05) is 12.4 Å². The summed E-state index contributed by atoms with van der Waals surface area (Å²) < 4.78 is 27.1. The summed E-state index contributed by atoms with van der Waals surface area (Å²) in [5, 5.41) is 25.9. The molecule has 3 aromatic rings. The first-order chi connectivity index (χ1) is 21.6. The highest BCUT2D eigenvalue weighted by Crippen LogP contribution is 2.69. The molecule has 45 heavy (non-hydrogen) atoms. The molecule has 7 atom stereocenters. The number of esters is 1. The van der Waals surface area contributed by atoms with Gasteiger partial charge in [0.2, 0.25) is 10.9 Å². The number of nitrogens with zero attached hydrogens (tertiary/aromatic N) is 2. The van der Waals surface area contributed by atoms with Gasteiger partial charge in [-0.25, -0.2) is 13.9 Å². The molecule has 2 heterocycles. The predicted octanol–water partition coefficient (Wildman–Crippen LogP) is 6.00. The molecule has 2 N–H and O–H groups in total. The lowest BCUT2D eigenvalue weighted by atomic mass is 9.45. The smallest absolute Gasteiger partial charge is 0.375 e. The van der Waals surface area contributed by atoms with E-state index in [1.54, 1.807) is 18.2 Å². The van der Waals surface area contributed by atoms with Crippen LogP contribution >= 0.6 is 11.8 Å². The molecule has 3 fully saturated rings. The van der Waals surface area contributed by atoms with Gasteiger partial charge in [-0.1, -0.05) is 31.2 Å².